The monoisotopic (exact) mass is 400 g/mol. The van der Waals surface area contributed by atoms with Crippen LogP contribution in [0.15, 0.2) is 79.0 Å². The first-order valence-corrected chi connectivity index (χ1v) is 10.1. The number of hydrogen-bond acceptors (Lipinski definition) is 4. The summed E-state index contributed by atoms with van der Waals surface area (Å²) in [7, 11) is 0. The van der Waals surface area contributed by atoms with E-state index in [4.69, 9.17) is 0 Å². The number of likely N-dealkylation sites (tertiary alicyclic amines) is 1. The largest absolute Gasteiger partial charge is 0.324 e. The fraction of sp³-hybridized carbons (Fsp3) is 0.208. The van der Waals surface area contributed by atoms with Crippen molar-refractivity contribution in [1.29, 1.82) is 0 Å². The quantitative estimate of drug-likeness (QED) is 0.653. The summed E-state index contributed by atoms with van der Waals surface area (Å²) in [6, 6.07) is 21.7. The normalized spacial score (nSPS) is 14.8. The number of rotatable bonds is 6. The number of benzene rings is 2. The van der Waals surface area contributed by atoms with Crippen LogP contribution in [-0.4, -0.2) is 34.8 Å². The minimum atomic E-state index is -0.347. The Hall–Kier alpha value is -3.51. The third kappa shape index (κ3) is 4.72. The number of aromatic nitrogens is 1. The van der Waals surface area contributed by atoms with Crippen molar-refractivity contribution >= 4 is 23.3 Å². The Bertz CT molecular complexity index is 1000. The lowest BCUT2D eigenvalue weighted by atomic mass is 10.0. The molecule has 1 atom stereocenters. The highest BCUT2D eigenvalue weighted by Gasteiger charge is 2.29. The number of anilines is 2. The van der Waals surface area contributed by atoms with Crippen molar-refractivity contribution in [3.8, 4) is 0 Å². The molecule has 2 aromatic carbocycles. The molecule has 6 heteroatoms. The zero-order valence-corrected chi connectivity index (χ0v) is 16.6. The molecule has 1 aliphatic heterocycles. The second-order valence-corrected chi connectivity index (χ2v) is 7.30. The molecule has 0 spiro atoms. The molecule has 0 saturated carbocycles. The standard InChI is InChI=1S/C24H24N4O2/c29-23(27-21-13-4-5-14-25-21)19-11-8-12-20(17-19)26-24(30)22(28-15-6-7-16-28)18-9-2-1-3-10-18/h1-5,8-14,17,22H,6-7,15-16H2,(H,26,30)(H,25,27,29). The predicted molar refractivity (Wildman–Crippen MR) is 117 cm³/mol. The van der Waals surface area contributed by atoms with Crippen LogP contribution in [0.5, 0.6) is 0 Å². The van der Waals surface area contributed by atoms with Gasteiger partial charge >= 0.3 is 0 Å². The number of amides is 2. The molecule has 1 unspecified atom stereocenters. The van der Waals surface area contributed by atoms with Gasteiger partial charge in [0.25, 0.3) is 5.91 Å². The molecule has 2 heterocycles. The second kappa shape index (κ2) is 9.33. The van der Waals surface area contributed by atoms with Crippen molar-refractivity contribution in [1.82, 2.24) is 9.88 Å². The molecule has 0 aliphatic carbocycles. The van der Waals surface area contributed by atoms with Crippen LogP contribution < -0.4 is 10.6 Å². The molecule has 3 aromatic rings. The Morgan fingerprint density at radius 2 is 1.63 bits per heavy atom. The van der Waals surface area contributed by atoms with E-state index < -0.39 is 0 Å². The Morgan fingerprint density at radius 1 is 0.867 bits per heavy atom. The van der Waals surface area contributed by atoms with Gasteiger partial charge in [-0.15, -0.1) is 0 Å². The van der Waals surface area contributed by atoms with Gasteiger partial charge in [0, 0.05) is 17.4 Å². The third-order valence-corrected chi connectivity index (χ3v) is 5.17. The first-order valence-electron chi connectivity index (χ1n) is 10.1. The van der Waals surface area contributed by atoms with Crippen LogP contribution in [0.25, 0.3) is 0 Å². The van der Waals surface area contributed by atoms with E-state index in [1.165, 1.54) is 0 Å². The maximum atomic E-state index is 13.2. The SMILES string of the molecule is O=C(Nc1ccccn1)c1cccc(NC(=O)C(c2ccccc2)N2CCCC2)c1. The van der Waals surface area contributed by atoms with Gasteiger partial charge in [-0.25, -0.2) is 4.98 Å². The van der Waals surface area contributed by atoms with Crippen LogP contribution in [0.4, 0.5) is 11.5 Å². The molecule has 1 fully saturated rings. The number of pyridine rings is 1. The molecule has 4 rings (SSSR count). The molecular weight excluding hydrogens is 376 g/mol. The lowest BCUT2D eigenvalue weighted by molar-refractivity contribution is -0.121. The molecule has 6 nitrogen and oxygen atoms in total. The van der Waals surface area contributed by atoms with Crippen LogP contribution in [0.3, 0.4) is 0 Å². The highest BCUT2D eigenvalue weighted by Crippen LogP contribution is 2.27. The fourth-order valence-corrected chi connectivity index (χ4v) is 3.74. The van der Waals surface area contributed by atoms with Gasteiger partial charge < -0.3 is 10.6 Å². The van der Waals surface area contributed by atoms with Gasteiger partial charge in [-0.1, -0.05) is 42.5 Å². The van der Waals surface area contributed by atoms with Crippen LogP contribution >= 0.6 is 0 Å². The number of nitrogens with zero attached hydrogens (tertiary/aromatic N) is 2. The highest BCUT2D eigenvalue weighted by atomic mass is 16.2. The third-order valence-electron chi connectivity index (χ3n) is 5.17. The molecule has 0 bridgehead atoms. The van der Waals surface area contributed by atoms with Crippen molar-refractivity contribution < 1.29 is 9.59 Å². The van der Waals surface area contributed by atoms with Crippen molar-refractivity contribution in [2.45, 2.75) is 18.9 Å². The van der Waals surface area contributed by atoms with Crippen LogP contribution in [0, 0.1) is 0 Å². The van der Waals surface area contributed by atoms with Gasteiger partial charge in [-0.2, -0.15) is 0 Å². The van der Waals surface area contributed by atoms with Crippen molar-refractivity contribution in [3.05, 3.63) is 90.1 Å². The van der Waals surface area contributed by atoms with E-state index in [1.54, 1.807) is 48.7 Å². The Kier molecular flexibility index (Phi) is 6.15. The summed E-state index contributed by atoms with van der Waals surface area (Å²) in [6.45, 7) is 1.80. The summed E-state index contributed by atoms with van der Waals surface area (Å²) < 4.78 is 0. The molecule has 0 radical (unpaired) electrons. The predicted octanol–water partition coefficient (Wildman–Crippen LogP) is 4.11. The van der Waals surface area contributed by atoms with Gasteiger partial charge in [-0.05, 0) is 61.8 Å². The van der Waals surface area contributed by atoms with Gasteiger partial charge in [0.1, 0.15) is 11.9 Å². The molecule has 2 N–H and O–H groups in total. The Labute approximate surface area is 175 Å². The molecule has 1 aromatic heterocycles. The van der Waals surface area contributed by atoms with Crippen LogP contribution in [0.2, 0.25) is 0 Å². The van der Waals surface area contributed by atoms with Gasteiger partial charge in [0.05, 0.1) is 0 Å². The van der Waals surface area contributed by atoms with Gasteiger partial charge in [-0.3, -0.25) is 14.5 Å². The minimum absolute atomic E-state index is 0.0922. The van der Waals surface area contributed by atoms with Gasteiger partial charge in [0.2, 0.25) is 5.91 Å². The zero-order valence-electron chi connectivity index (χ0n) is 16.6. The second-order valence-electron chi connectivity index (χ2n) is 7.30. The highest BCUT2D eigenvalue weighted by molar-refractivity contribution is 6.05. The molecule has 1 saturated heterocycles. The number of hydrogen-bond donors (Lipinski definition) is 2. The minimum Gasteiger partial charge on any atom is -0.324 e. The van der Waals surface area contributed by atoms with Crippen molar-refractivity contribution in [2.75, 3.05) is 23.7 Å². The molecule has 152 valence electrons. The maximum Gasteiger partial charge on any atom is 0.256 e. The number of carbonyl (C=O) groups is 2. The average molecular weight is 400 g/mol. The lowest BCUT2D eigenvalue weighted by Crippen LogP contribution is -2.35. The Morgan fingerprint density at radius 3 is 2.37 bits per heavy atom. The van der Waals surface area contributed by atoms with E-state index in [2.05, 4.69) is 20.5 Å². The molecule has 1 aliphatic rings. The summed E-state index contributed by atoms with van der Waals surface area (Å²) >= 11 is 0. The number of nitrogens with one attached hydrogen (secondary N) is 2. The Balaban J connectivity index is 1.50. The van der Waals surface area contributed by atoms with Crippen molar-refractivity contribution in [3.63, 3.8) is 0 Å². The molecular formula is C24H24N4O2. The fourth-order valence-electron chi connectivity index (χ4n) is 3.74. The summed E-state index contributed by atoms with van der Waals surface area (Å²) in [6.07, 6.45) is 3.81. The van der Waals surface area contributed by atoms with Crippen LogP contribution in [-0.2, 0) is 4.79 Å². The smallest absolute Gasteiger partial charge is 0.256 e. The van der Waals surface area contributed by atoms with E-state index in [-0.39, 0.29) is 17.9 Å². The maximum absolute atomic E-state index is 13.2. The first-order chi connectivity index (χ1) is 14.7. The van der Waals surface area contributed by atoms with Crippen molar-refractivity contribution in [2.24, 2.45) is 0 Å². The number of carbonyl (C=O) groups excluding carboxylic acids is 2. The van der Waals surface area contributed by atoms with E-state index in [1.807, 2.05) is 30.3 Å². The summed E-state index contributed by atoms with van der Waals surface area (Å²) in [5, 5.41) is 5.76. The van der Waals surface area contributed by atoms with E-state index in [0.717, 1.165) is 31.5 Å². The lowest BCUT2D eigenvalue weighted by Gasteiger charge is -2.27. The first kappa shape index (κ1) is 19.8. The van der Waals surface area contributed by atoms with E-state index in [0.29, 0.717) is 17.1 Å². The summed E-state index contributed by atoms with van der Waals surface area (Å²) in [5.74, 6) is 0.115. The summed E-state index contributed by atoms with van der Waals surface area (Å²) in [5.41, 5.74) is 2.02. The van der Waals surface area contributed by atoms with Gasteiger partial charge in [0.15, 0.2) is 0 Å². The zero-order chi connectivity index (χ0) is 20.8. The topological polar surface area (TPSA) is 74.3 Å². The molecule has 30 heavy (non-hydrogen) atoms. The summed E-state index contributed by atoms with van der Waals surface area (Å²) in [4.78, 5) is 32.1. The van der Waals surface area contributed by atoms with E-state index >= 15 is 0 Å². The molecule has 2 amide bonds. The van der Waals surface area contributed by atoms with Crippen LogP contribution in [0.1, 0.15) is 34.8 Å². The van der Waals surface area contributed by atoms with E-state index in [9.17, 15) is 9.59 Å². The average Bonchev–Trinajstić information content (AvgIpc) is 3.30.